The Morgan fingerprint density at radius 3 is 2.33 bits per heavy atom. The maximum Gasteiger partial charge on any atom is 0.00682 e. The van der Waals surface area contributed by atoms with Gasteiger partial charge in [-0.25, -0.2) is 0 Å². The first-order chi connectivity index (χ1) is 8.59. The first-order valence-electron chi connectivity index (χ1n) is 8.03. The highest BCUT2D eigenvalue weighted by Gasteiger charge is 2.19. The molecule has 1 rings (SSSR count). The fourth-order valence-electron chi connectivity index (χ4n) is 2.52. The average Bonchev–Trinajstić information content (AvgIpc) is 3.10. The quantitative estimate of drug-likeness (QED) is 0.566. The third kappa shape index (κ3) is 8.10. The molecule has 0 heterocycles. The van der Waals surface area contributed by atoms with Crippen LogP contribution in [0, 0.1) is 5.92 Å². The summed E-state index contributed by atoms with van der Waals surface area (Å²) in [5.74, 6) is 0.816. The molecule has 0 saturated heterocycles. The second-order valence-corrected chi connectivity index (χ2v) is 6.60. The Balaban J connectivity index is 1.86. The lowest BCUT2D eigenvalue weighted by Gasteiger charge is -2.26. The van der Waals surface area contributed by atoms with Crippen molar-refractivity contribution in [1.29, 1.82) is 0 Å². The average molecular weight is 254 g/mol. The number of nitrogens with zero attached hydrogens (tertiary/aromatic N) is 1. The lowest BCUT2D eigenvalue weighted by Crippen LogP contribution is -2.31. The van der Waals surface area contributed by atoms with Crippen LogP contribution in [0.3, 0.4) is 0 Å². The molecule has 2 nitrogen and oxygen atoms in total. The highest BCUT2D eigenvalue weighted by atomic mass is 15.1. The fourth-order valence-corrected chi connectivity index (χ4v) is 2.52. The molecule has 1 aliphatic carbocycles. The molecule has 2 heteroatoms. The zero-order chi connectivity index (χ0) is 13.4. The van der Waals surface area contributed by atoms with Gasteiger partial charge in [0.2, 0.25) is 0 Å². The third-order valence-electron chi connectivity index (χ3n) is 4.01. The molecule has 1 saturated carbocycles. The normalized spacial score (nSPS) is 17.7. The van der Waals surface area contributed by atoms with Crippen molar-refractivity contribution in [2.75, 3.05) is 20.1 Å². The zero-order valence-electron chi connectivity index (χ0n) is 13.0. The number of hydrogen-bond acceptors (Lipinski definition) is 2. The molecular formula is C16H34N2. The van der Waals surface area contributed by atoms with Crippen molar-refractivity contribution in [1.82, 2.24) is 10.2 Å². The first kappa shape index (κ1) is 16.0. The van der Waals surface area contributed by atoms with Gasteiger partial charge in [-0.3, -0.25) is 0 Å². The number of hydrogen-bond donors (Lipinski definition) is 1. The van der Waals surface area contributed by atoms with Crippen molar-refractivity contribution in [3.05, 3.63) is 0 Å². The van der Waals surface area contributed by atoms with Gasteiger partial charge in [0.05, 0.1) is 0 Å². The molecule has 1 aliphatic rings. The Hall–Kier alpha value is -0.0800. The van der Waals surface area contributed by atoms with E-state index in [1.54, 1.807) is 0 Å². The Bertz CT molecular complexity index is 199. The lowest BCUT2D eigenvalue weighted by atomic mass is 10.0. The van der Waals surface area contributed by atoms with Crippen LogP contribution in [0.5, 0.6) is 0 Å². The maximum atomic E-state index is 3.59. The van der Waals surface area contributed by atoms with E-state index in [1.807, 2.05) is 0 Å². The summed E-state index contributed by atoms with van der Waals surface area (Å²) in [5, 5.41) is 3.59. The number of nitrogens with one attached hydrogen (secondary N) is 1. The summed E-state index contributed by atoms with van der Waals surface area (Å²) in [4.78, 5) is 2.53. The minimum atomic E-state index is 0.738. The molecule has 1 fully saturated rings. The van der Waals surface area contributed by atoms with Gasteiger partial charge in [-0.05, 0) is 65.1 Å². The Morgan fingerprint density at radius 1 is 1.06 bits per heavy atom. The van der Waals surface area contributed by atoms with Gasteiger partial charge in [-0.2, -0.15) is 0 Å². The summed E-state index contributed by atoms with van der Waals surface area (Å²) < 4.78 is 0. The molecule has 0 radical (unpaired) electrons. The van der Waals surface area contributed by atoms with Crippen molar-refractivity contribution in [2.45, 2.75) is 77.8 Å². The topological polar surface area (TPSA) is 15.3 Å². The monoisotopic (exact) mass is 254 g/mol. The number of unbranched alkanes of at least 4 members (excludes halogenated alkanes) is 3. The van der Waals surface area contributed by atoms with Crippen LogP contribution >= 0.6 is 0 Å². The van der Waals surface area contributed by atoms with Gasteiger partial charge in [0, 0.05) is 12.1 Å². The second kappa shape index (κ2) is 8.92. The standard InChI is InChI=1S/C16H34N2/c1-14(2)13-15(3)18(4)12-8-6-5-7-11-17-16-9-10-16/h14-17H,5-13H2,1-4H3. The van der Waals surface area contributed by atoms with E-state index in [0.717, 1.165) is 18.0 Å². The van der Waals surface area contributed by atoms with E-state index in [2.05, 4.69) is 38.0 Å². The van der Waals surface area contributed by atoms with E-state index in [1.165, 1.54) is 58.0 Å². The summed E-state index contributed by atoms with van der Waals surface area (Å²) in [5.41, 5.74) is 0. The van der Waals surface area contributed by atoms with Crippen LogP contribution in [0.4, 0.5) is 0 Å². The van der Waals surface area contributed by atoms with E-state index in [4.69, 9.17) is 0 Å². The lowest BCUT2D eigenvalue weighted by molar-refractivity contribution is 0.223. The molecule has 1 N–H and O–H groups in total. The minimum Gasteiger partial charge on any atom is -0.314 e. The van der Waals surface area contributed by atoms with Crippen molar-refractivity contribution in [3.63, 3.8) is 0 Å². The van der Waals surface area contributed by atoms with Gasteiger partial charge >= 0.3 is 0 Å². The summed E-state index contributed by atoms with van der Waals surface area (Å²) in [6, 6.07) is 1.62. The molecule has 1 atom stereocenters. The van der Waals surface area contributed by atoms with E-state index in [0.29, 0.717) is 0 Å². The molecule has 1 unspecified atom stereocenters. The Kier molecular flexibility index (Phi) is 7.92. The molecule has 108 valence electrons. The predicted octanol–water partition coefficient (Wildman–Crippen LogP) is 3.67. The van der Waals surface area contributed by atoms with Gasteiger partial charge in [0.1, 0.15) is 0 Å². The van der Waals surface area contributed by atoms with Crippen molar-refractivity contribution in [2.24, 2.45) is 5.92 Å². The Morgan fingerprint density at radius 2 is 1.72 bits per heavy atom. The molecule has 0 aromatic heterocycles. The van der Waals surface area contributed by atoms with Crippen LogP contribution in [0.1, 0.15) is 65.7 Å². The summed E-state index contributed by atoms with van der Waals surface area (Å²) >= 11 is 0. The molecule has 0 aromatic rings. The van der Waals surface area contributed by atoms with Gasteiger partial charge in [-0.1, -0.05) is 26.7 Å². The van der Waals surface area contributed by atoms with E-state index < -0.39 is 0 Å². The van der Waals surface area contributed by atoms with Crippen molar-refractivity contribution >= 4 is 0 Å². The highest BCUT2D eigenvalue weighted by molar-refractivity contribution is 4.80. The molecule has 18 heavy (non-hydrogen) atoms. The molecule has 0 aromatic carbocycles. The van der Waals surface area contributed by atoms with Gasteiger partial charge < -0.3 is 10.2 Å². The van der Waals surface area contributed by atoms with Crippen molar-refractivity contribution < 1.29 is 0 Å². The zero-order valence-corrected chi connectivity index (χ0v) is 13.0. The highest BCUT2D eigenvalue weighted by Crippen LogP contribution is 2.18. The second-order valence-electron chi connectivity index (χ2n) is 6.60. The number of rotatable bonds is 11. The van der Waals surface area contributed by atoms with Gasteiger partial charge in [0.25, 0.3) is 0 Å². The van der Waals surface area contributed by atoms with Gasteiger partial charge in [-0.15, -0.1) is 0 Å². The van der Waals surface area contributed by atoms with E-state index in [-0.39, 0.29) is 0 Å². The van der Waals surface area contributed by atoms with E-state index in [9.17, 15) is 0 Å². The first-order valence-corrected chi connectivity index (χ1v) is 8.03. The Labute approximate surface area is 115 Å². The fraction of sp³-hybridized carbons (Fsp3) is 1.00. The predicted molar refractivity (Wildman–Crippen MR) is 81.0 cm³/mol. The van der Waals surface area contributed by atoms with Gasteiger partial charge in [0.15, 0.2) is 0 Å². The summed E-state index contributed by atoms with van der Waals surface area (Å²) in [6.45, 7) is 9.50. The molecule has 0 bridgehead atoms. The minimum absolute atomic E-state index is 0.738. The smallest absolute Gasteiger partial charge is 0.00682 e. The van der Waals surface area contributed by atoms with Crippen LogP contribution < -0.4 is 5.32 Å². The maximum absolute atomic E-state index is 3.59. The van der Waals surface area contributed by atoms with Crippen molar-refractivity contribution in [3.8, 4) is 0 Å². The van der Waals surface area contributed by atoms with Crippen LogP contribution in [0.25, 0.3) is 0 Å². The summed E-state index contributed by atoms with van der Waals surface area (Å²) in [7, 11) is 2.28. The van der Waals surface area contributed by atoms with Crippen LogP contribution in [0.2, 0.25) is 0 Å². The van der Waals surface area contributed by atoms with E-state index >= 15 is 0 Å². The van der Waals surface area contributed by atoms with Crippen LogP contribution in [-0.4, -0.2) is 37.1 Å². The third-order valence-corrected chi connectivity index (χ3v) is 4.01. The molecule has 0 aliphatic heterocycles. The van der Waals surface area contributed by atoms with Crippen LogP contribution in [-0.2, 0) is 0 Å². The molecule has 0 amide bonds. The summed E-state index contributed by atoms with van der Waals surface area (Å²) in [6.07, 6.45) is 9.67. The van der Waals surface area contributed by atoms with Crippen LogP contribution in [0.15, 0.2) is 0 Å². The molecular weight excluding hydrogens is 220 g/mol. The molecule has 0 spiro atoms. The largest absolute Gasteiger partial charge is 0.314 e. The SMILES string of the molecule is CC(C)CC(C)N(C)CCCCCCNC1CC1.